The van der Waals surface area contributed by atoms with Gasteiger partial charge in [0, 0.05) is 0 Å². The second-order valence-electron chi connectivity index (χ2n) is 6.29. The summed E-state index contributed by atoms with van der Waals surface area (Å²) in [6.07, 6.45) is -0.780. The minimum atomic E-state index is -0.780. The summed E-state index contributed by atoms with van der Waals surface area (Å²) in [5.74, 6) is 5.23. The number of esters is 1. The van der Waals surface area contributed by atoms with E-state index in [0.717, 1.165) is 10.6 Å². The number of pyridine rings is 1. The smallest absolute Gasteiger partial charge is 0.430 e. The van der Waals surface area contributed by atoms with E-state index in [2.05, 4.69) is 4.98 Å². The molecule has 0 unspecified atom stereocenters. The number of amides is 1. The molecule has 132 valence electrons. The van der Waals surface area contributed by atoms with Crippen LogP contribution in [-0.4, -0.2) is 22.6 Å². The lowest BCUT2D eigenvalue weighted by Crippen LogP contribution is -2.38. The van der Waals surface area contributed by atoms with Crippen molar-refractivity contribution >= 4 is 17.9 Å². The van der Waals surface area contributed by atoms with Crippen LogP contribution >= 0.6 is 0 Å². The van der Waals surface area contributed by atoms with Crippen LogP contribution in [0.2, 0.25) is 0 Å². The molecule has 0 bridgehead atoms. The predicted octanol–water partition coefficient (Wildman–Crippen LogP) is 3.05. The van der Waals surface area contributed by atoms with E-state index < -0.39 is 17.7 Å². The van der Waals surface area contributed by atoms with Crippen LogP contribution in [0, 0.1) is 0 Å². The molecule has 2 aromatic rings. The largest absolute Gasteiger partial charge is 0.455 e. The first-order valence-corrected chi connectivity index (χ1v) is 7.72. The Morgan fingerprint density at radius 1 is 1.08 bits per heavy atom. The highest BCUT2D eigenvalue weighted by Gasteiger charge is 2.21. The Labute approximate surface area is 146 Å². The molecule has 1 aromatic carbocycles. The lowest BCUT2D eigenvalue weighted by molar-refractivity contribution is 0.00628. The van der Waals surface area contributed by atoms with E-state index in [1.807, 2.05) is 30.3 Å². The lowest BCUT2D eigenvalue weighted by atomic mass is 10.2. The number of hydrogen-bond acceptors (Lipinski definition) is 6. The van der Waals surface area contributed by atoms with E-state index in [1.165, 1.54) is 12.1 Å². The van der Waals surface area contributed by atoms with Gasteiger partial charge in [-0.1, -0.05) is 36.4 Å². The SMILES string of the molecule is CC(C)(C)OC(=O)c1cccc(N(N)C(=O)OCc2ccccc2)n1. The molecule has 0 saturated heterocycles. The number of ether oxygens (including phenoxy) is 2. The summed E-state index contributed by atoms with van der Waals surface area (Å²) in [7, 11) is 0. The number of nitrogens with two attached hydrogens (primary N) is 1. The van der Waals surface area contributed by atoms with Crippen LogP contribution in [0.1, 0.15) is 36.8 Å². The summed E-state index contributed by atoms with van der Waals surface area (Å²) < 4.78 is 10.4. The van der Waals surface area contributed by atoms with Gasteiger partial charge in [-0.05, 0) is 38.5 Å². The number of hydrogen-bond donors (Lipinski definition) is 1. The molecule has 0 fully saturated rings. The molecule has 0 atom stereocenters. The first kappa shape index (κ1) is 18.4. The minimum Gasteiger partial charge on any atom is -0.455 e. The van der Waals surface area contributed by atoms with Gasteiger partial charge in [-0.2, -0.15) is 5.01 Å². The average Bonchev–Trinajstić information content (AvgIpc) is 2.58. The zero-order valence-electron chi connectivity index (χ0n) is 14.4. The second-order valence-corrected chi connectivity index (χ2v) is 6.29. The van der Waals surface area contributed by atoms with Crippen LogP contribution in [0.3, 0.4) is 0 Å². The summed E-state index contributed by atoms with van der Waals surface area (Å²) in [5.41, 5.74) is 0.240. The number of anilines is 1. The molecule has 0 saturated carbocycles. The van der Waals surface area contributed by atoms with E-state index in [-0.39, 0.29) is 18.1 Å². The molecule has 0 radical (unpaired) electrons. The molecule has 1 heterocycles. The van der Waals surface area contributed by atoms with Gasteiger partial charge in [0.05, 0.1) is 0 Å². The maximum Gasteiger partial charge on any atom is 0.430 e. The predicted molar refractivity (Wildman–Crippen MR) is 92.7 cm³/mol. The molecule has 7 heteroatoms. The van der Waals surface area contributed by atoms with Crippen molar-refractivity contribution in [3.63, 3.8) is 0 Å². The van der Waals surface area contributed by atoms with Gasteiger partial charge in [0.2, 0.25) is 0 Å². The van der Waals surface area contributed by atoms with Gasteiger partial charge in [-0.25, -0.2) is 20.4 Å². The van der Waals surface area contributed by atoms with Crippen LogP contribution in [0.5, 0.6) is 0 Å². The molecule has 0 aliphatic rings. The van der Waals surface area contributed by atoms with Gasteiger partial charge in [-0.15, -0.1) is 0 Å². The van der Waals surface area contributed by atoms with E-state index in [0.29, 0.717) is 0 Å². The molecule has 0 spiro atoms. The molecule has 0 aliphatic carbocycles. The normalized spacial score (nSPS) is 10.9. The number of nitrogens with zero attached hydrogens (tertiary/aromatic N) is 2. The van der Waals surface area contributed by atoms with Crippen LogP contribution in [0.15, 0.2) is 48.5 Å². The van der Waals surface area contributed by atoms with Crippen molar-refractivity contribution in [3.05, 3.63) is 59.8 Å². The topological polar surface area (TPSA) is 94.8 Å². The van der Waals surface area contributed by atoms with Crippen LogP contribution in [-0.2, 0) is 16.1 Å². The van der Waals surface area contributed by atoms with Crippen molar-refractivity contribution in [1.29, 1.82) is 0 Å². The van der Waals surface area contributed by atoms with Gasteiger partial charge < -0.3 is 9.47 Å². The maximum absolute atomic E-state index is 12.1. The monoisotopic (exact) mass is 343 g/mol. The van der Waals surface area contributed by atoms with E-state index >= 15 is 0 Å². The average molecular weight is 343 g/mol. The van der Waals surface area contributed by atoms with Crippen molar-refractivity contribution in [2.75, 3.05) is 5.01 Å². The van der Waals surface area contributed by atoms with E-state index in [4.69, 9.17) is 15.3 Å². The van der Waals surface area contributed by atoms with Gasteiger partial charge in [-0.3, -0.25) is 0 Å². The number of rotatable bonds is 4. The molecular weight excluding hydrogens is 322 g/mol. The molecule has 2 N–H and O–H groups in total. The number of carbonyl (C=O) groups excluding carboxylic acids is 2. The Bertz CT molecular complexity index is 741. The summed E-state index contributed by atoms with van der Waals surface area (Å²) in [5, 5.41) is 0.747. The van der Waals surface area contributed by atoms with Crippen LogP contribution in [0.25, 0.3) is 0 Å². The fourth-order valence-electron chi connectivity index (χ4n) is 1.88. The first-order valence-electron chi connectivity index (χ1n) is 7.72. The number of carbonyl (C=O) groups is 2. The summed E-state index contributed by atoms with van der Waals surface area (Å²) in [6, 6.07) is 13.8. The van der Waals surface area contributed by atoms with Crippen molar-refractivity contribution in [3.8, 4) is 0 Å². The molecule has 1 amide bonds. The van der Waals surface area contributed by atoms with E-state index in [9.17, 15) is 9.59 Å². The molecule has 25 heavy (non-hydrogen) atoms. The van der Waals surface area contributed by atoms with Gasteiger partial charge in [0.15, 0.2) is 11.5 Å². The highest BCUT2D eigenvalue weighted by atomic mass is 16.6. The van der Waals surface area contributed by atoms with Crippen molar-refractivity contribution < 1.29 is 19.1 Å². The molecule has 1 aromatic heterocycles. The van der Waals surface area contributed by atoms with Crippen molar-refractivity contribution in [2.45, 2.75) is 33.0 Å². The lowest BCUT2D eigenvalue weighted by Gasteiger charge is -2.20. The summed E-state index contributed by atoms with van der Waals surface area (Å²) in [6.45, 7) is 5.35. The minimum absolute atomic E-state index is 0.0544. The Morgan fingerprint density at radius 2 is 1.76 bits per heavy atom. The Hall–Kier alpha value is -2.93. The zero-order valence-corrected chi connectivity index (χ0v) is 14.4. The maximum atomic E-state index is 12.1. The zero-order chi connectivity index (χ0) is 18.4. The van der Waals surface area contributed by atoms with Gasteiger partial charge in [0.25, 0.3) is 0 Å². The number of hydrazine groups is 1. The Kier molecular flexibility index (Phi) is 5.71. The van der Waals surface area contributed by atoms with Crippen molar-refractivity contribution in [1.82, 2.24) is 4.98 Å². The Morgan fingerprint density at radius 3 is 2.40 bits per heavy atom. The molecule has 7 nitrogen and oxygen atoms in total. The third kappa shape index (κ3) is 5.58. The Balaban J connectivity index is 2.03. The third-order valence-electron chi connectivity index (χ3n) is 2.99. The fourth-order valence-corrected chi connectivity index (χ4v) is 1.88. The number of aromatic nitrogens is 1. The van der Waals surface area contributed by atoms with Gasteiger partial charge in [0.1, 0.15) is 12.2 Å². The van der Waals surface area contributed by atoms with E-state index in [1.54, 1.807) is 26.8 Å². The molecule has 0 aliphatic heterocycles. The third-order valence-corrected chi connectivity index (χ3v) is 2.99. The van der Waals surface area contributed by atoms with Crippen molar-refractivity contribution in [2.24, 2.45) is 5.84 Å². The number of benzene rings is 1. The van der Waals surface area contributed by atoms with Crippen LogP contribution in [0.4, 0.5) is 10.6 Å². The fraction of sp³-hybridized carbons (Fsp3) is 0.278. The summed E-state index contributed by atoms with van der Waals surface area (Å²) in [4.78, 5) is 28.2. The standard InChI is InChI=1S/C18H21N3O4/c1-18(2,3)25-16(22)14-10-7-11-15(20-14)21(19)17(23)24-12-13-8-5-4-6-9-13/h4-11H,12,19H2,1-3H3. The second kappa shape index (κ2) is 7.76. The first-order chi connectivity index (χ1) is 11.8. The summed E-state index contributed by atoms with van der Waals surface area (Å²) >= 11 is 0. The van der Waals surface area contributed by atoms with Crippen LogP contribution < -0.4 is 10.9 Å². The van der Waals surface area contributed by atoms with Gasteiger partial charge >= 0.3 is 12.1 Å². The quantitative estimate of drug-likeness (QED) is 0.397. The highest BCUT2D eigenvalue weighted by molar-refractivity contribution is 5.89. The highest BCUT2D eigenvalue weighted by Crippen LogP contribution is 2.14. The molecular formula is C18H21N3O4. The molecule has 2 rings (SSSR count).